The number of piperidine rings is 1. The fourth-order valence-electron chi connectivity index (χ4n) is 4.14. The average Bonchev–Trinajstić information content (AvgIpc) is 2.73. The molecule has 0 bridgehead atoms. The molecule has 2 aliphatic heterocycles. The molecule has 0 N–H and O–H groups in total. The summed E-state index contributed by atoms with van der Waals surface area (Å²) in [4.78, 5) is 13.9. The number of hydrogen-bond donors (Lipinski definition) is 0. The molecule has 0 aromatic heterocycles. The van der Waals surface area contributed by atoms with Crippen LogP contribution in [-0.2, 0) is 27.3 Å². The van der Waals surface area contributed by atoms with Crippen LogP contribution in [0.25, 0.3) is 0 Å². The lowest BCUT2D eigenvalue weighted by Crippen LogP contribution is -2.50. The third kappa shape index (κ3) is 4.16. The predicted molar refractivity (Wildman–Crippen MR) is 112 cm³/mol. The molecule has 0 aliphatic carbocycles. The van der Waals surface area contributed by atoms with Crippen molar-refractivity contribution in [1.29, 1.82) is 0 Å². The summed E-state index contributed by atoms with van der Waals surface area (Å²) in [5.74, 6) is -3.13. The highest BCUT2D eigenvalue weighted by Gasteiger charge is 2.37. The molecule has 0 radical (unpaired) electrons. The van der Waals surface area contributed by atoms with E-state index in [1.165, 1.54) is 22.5 Å². The van der Waals surface area contributed by atoms with E-state index in [1.807, 2.05) is 25.1 Å². The van der Waals surface area contributed by atoms with Crippen LogP contribution in [0.15, 0.2) is 47.4 Å². The maximum atomic E-state index is 13.6. The van der Waals surface area contributed by atoms with Gasteiger partial charge in [-0.1, -0.05) is 29.8 Å². The smallest absolute Gasteiger partial charge is 0.414 e. The van der Waals surface area contributed by atoms with Gasteiger partial charge in [-0.2, -0.15) is 4.31 Å². The number of alkyl halides is 2. The summed E-state index contributed by atoms with van der Waals surface area (Å²) in [5.41, 5.74) is 2.44. The lowest BCUT2D eigenvalue weighted by molar-refractivity contribution is 0.0172. The number of hydrogen-bond acceptors (Lipinski definition) is 4. The van der Waals surface area contributed by atoms with Gasteiger partial charge in [-0.05, 0) is 38.0 Å². The van der Waals surface area contributed by atoms with Gasteiger partial charge in [-0.25, -0.2) is 22.0 Å². The van der Waals surface area contributed by atoms with Crippen molar-refractivity contribution in [1.82, 2.24) is 4.31 Å². The van der Waals surface area contributed by atoms with Crippen LogP contribution in [0.3, 0.4) is 0 Å². The SMILES string of the molecule is Cc1ccc2c(c1)COC(=O)N2C1CCN(S(=O)(=O)c2cccc(C(C)(F)F)c2)CC1. The van der Waals surface area contributed by atoms with Crippen molar-refractivity contribution in [3.63, 3.8) is 0 Å². The minimum atomic E-state index is -3.91. The minimum Gasteiger partial charge on any atom is -0.444 e. The summed E-state index contributed by atoms with van der Waals surface area (Å²) < 4.78 is 60.0. The zero-order valence-electron chi connectivity index (χ0n) is 17.3. The average molecular weight is 451 g/mol. The van der Waals surface area contributed by atoms with Gasteiger partial charge in [0.2, 0.25) is 10.0 Å². The second kappa shape index (κ2) is 7.87. The number of halogens is 2. The normalized spacial score (nSPS) is 18.6. The van der Waals surface area contributed by atoms with Crippen LogP contribution in [0.5, 0.6) is 0 Å². The van der Waals surface area contributed by atoms with Gasteiger partial charge in [-0.15, -0.1) is 0 Å². The first-order valence-electron chi connectivity index (χ1n) is 10.1. The molecule has 0 atom stereocenters. The van der Waals surface area contributed by atoms with E-state index < -0.39 is 22.0 Å². The van der Waals surface area contributed by atoms with Crippen molar-refractivity contribution >= 4 is 21.8 Å². The van der Waals surface area contributed by atoms with Crippen LogP contribution >= 0.6 is 0 Å². The molecule has 0 saturated carbocycles. The highest BCUT2D eigenvalue weighted by atomic mass is 32.2. The third-order valence-corrected chi connectivity index (χ3v) is 7.70. The summed E-state index contributed by atoms with van der Waals surface area (Å²) in [7, 11) is -3.91. The summed E-state index contributed by atoms with van der Waals surface area (Å²) >= 11 is 0. The molecular formula is C22H24F2N2O4S. The fourth-order valence-corrected chi connectivity index (χ4v) is 5.65. The van der Waals surface area contributed by atoms with Crippen molar-refractivity contribution in [2.24, 2.45) is 0 Å². The Kier molecular flexibility index (Phi) is 5.51. The Balaban J connectivity index is 1.52. The fraction of sp³-hybridized carbons (Fsp3) is 0.409. The number of sulfonamides is 1. The summed E-state index contributed by atoms with van der Waals surface area (Å²) in [6.07, 6.45) is 0.409. The highest BCUT2D eigenvalue weighted by Crippen LogP contribution is 2.34. The van der Waals surface area contributed by atoms with Gasteiger partial charge in [0, 0.05) is 37.2 Å². The van der Waals surface area contributed by atoms with Gasteiger partial charge in [0.1, 0.15) is 6.61 Å². The van der Waals surface area contributed by atoms with Crippen LogP contribution in [0.1, 0.15) is 36.5 Å². The Morgan fingerprint density at radius 1 is 1.10 bits per heavy atom. The monoisotopic (exact) mass is 450 g/mol. The number of ether oxygens (including phenoxy) is 1. The van der Waals surface area contributed by atoms with E-state index in [1.54, 1.807) is 4.90 Å². The van der Waals surface area contributed by atoms with Crippen molar-refractivity contribution < 1.29 is 26.7 Å². The van der Waals surface area contributed by atoms with Crippen LogP contribution < -0.4 is 4.90 Å². The first-order chi connectivity index (χ1) is 14.6. The number of nitrogens with zero attached hydrogens (tertiary/aromatic N) is 2. The Bertz CT molecular complexity index is 1110. The Morgan fingerprint density at radius 3 is 2.48 bits per heavy atom. The maximum absolute atomic E-state index is 13.6. The maximum Gasteiger partial charge on any atom is 0.414 e. The standard InChI is InChI=1S/C22H24F2N2O4S/c1-15-6-7-20-16(12-15)14-30-21(27)26(20)18-8-10-25(11-9-18)31(28,29)19-5-3-4-17(13-19)22(2,23)24/h3-7,12-13,18H,8-11,14H2,1-2H3. The van der Waals surface area contributed by atoms with Gasteiger partial charge in [0.15, 0.2) is 0 Å². The molecule has 1 fully saturated rings. The highest BCUT2D eigenvalue weighted by molar-refractivity contribution is 7.89. The number of aryl methyl sites for hydroxylation is 1. The quantitative estimate of drug-likeness (QED) is 0.692. The van der Waals surface area contributed by atoms with Gasteiger partial charge < -0.3 is 4.74 Å². The first-order valence-corrected chi connectivity index (χ1v) is 11.6. The lowest BCUT2D eigenvalue weighted by Gasteiger charge is -2.39. The number of amides is 1. The molecule has 0 spiro atoms. The van der Waals surface area contributed by atoms with Crippen molar-refractivity contribution in [2.45, 2.75) is 50.2 Å². The predicted octanol–water partition coefficient (Wildman–Crippen LogP) is 4.42. The van der Waals surface area contributed by atoms with E-state index in [4.69, 9.17) is 4.74 Å². The van der Waals surface area contributed by atoms with E-state index in [9.17, 15) is 22.0 Å². The molecule has 2 aliphatic rings. The molecule has 4 rings (SSSR count). The van der Waals surface area contributed by atoms with Crippen LogP contribution in [0.4, 0.5) is 19.3 Å². The molecule has 2 aromatic rings. The van der Waals surface area contributed by atoms with Crippen molar-refractivity contribution in [3.8, 4) is 0 Å². The summed E-state index contributed by atoms with van der Waals surface area (Å²) in [6, 6.07) is 10.5. The van der Waals surface area contributed by atoms with Crippen LogP contribution in [0, 0.1) is 6.92 Å². The zero-order valence-corrected chi connectivity index (χ0v) is 18.2. The zero-order chi connectivity index (χ0) is 22.4. The lowest BCUT2D eigenvalue weighted by atomic mass is 10.0. The van der Waals surface area contributed by atoms with Crippen LogP contribution in [0.2, 0.25) is 0 Å². The topological polar surface area (TPSA) is 66.9 Å². The molecule has 2 aromatic carbocycles. The molecule has 0 unspecified atom stereocenters. The van der Waals surface area contributed by atoms with E-state index in [0.29, 0.717) is 12.8 Å². The van der Waals surface area contributed by atoms with Crippen LogP contribution in [-0.4, -0.2) is 37.9 Å². The number of fused-ring (bicyclic) bond motifs is 1. The Morgan fingerprint density at radius 2 is 1.81 bits per heavy atom. The number of rotatable bonds is 4. The number of cyclic esters (lactones) is 1. The Labute approximate surface area is 180 Å². The van der Waals surface area contributed by atoms with Crippen molar-refractivity contribution in [2.75, 3.05) is 18.0 Å². The first kappa shape index (κ1) is 21.7. The number of anilines is 1. The second-order valence-electron chi connectivity index (χ2n) is 8.11. The van der Waals surface area contributed by atoms with E-state index in [0.717, 1.165) is 29.8 Å². The Hall–Kier alpha value is -2.52. The minimum absolute atomic E-state index is 0.150. The summed E-state index contributed by atoms with van der Waals surface area (Å²) in [5, 5.41) is 0. The van der Waals surface area contributed by atoms with Gasteiger partial charge in [0.25, 0.3) is 5.92 Å². The second-order valence-corrected chi connectivity index (χ2v) is 10.0. The summed E-state index contributed by atoms with van der Waals surface area (Å²) in [6.45, 7) is 3.29. The number of carbonyl (C=O) groups excluding carboxylic acids is 1. The molecule has 166 valence electrons. The molecule has 1 saturated heterocycles. The van der Waals surface area contributed by atoms with Gasteiger partial charge in [0.05, 0.1) is 10.6 Å². The van der Waals surface area contributed by atoms with Gasteiger partial charge in [-0.3, -0.25) is 4.90 Å². The third-order valence-electron chi connectivity index (χ3n) is 5.81. The molecule has 31 heavy (non-hydrogen) atoms. The molecule has 1 amide bonds. The molecular weight excluding hydrogens is 426 g/mol. The largest absolute Gasteiger partial charge is 0.444 e. The van der Waals surface area contributed by atoms with Crippen molar-refractivity contribution in [3.05, 3.63) is 59.2 Å². The number of benzene rings is 2. The molecule has 9 heteroatoms. The van der Waals surface area contributed by atoms with Gasteiger partial charge >= 0.3 is 6.09 Å². The molecule has 2 heterocycles. The van der Waals surface area contributed by atoms with E-state index in [2.05, 4.69) is 0 Å². The van der Waals surface area contributed by atoms with E-state index >= 15 is 0 Å². The number of carbonyl (C=O) groups is 1. The molecule has 6 nitrogen and oxygen atoms in total. The van der Waals surface area contributed by atoms with E-state index in [-0.39, 0.29) is 36.2 Å².